The third-order valence-corrected chi connectivity index (χ3v) is 15.3. The van der Waals surface area contributed by atoms with Crippen LogP contribution in [-0.4, -0.2) is 94.0 Å². The van der Waals surface area contributed by atoms with Crippen molar-refractivity contribution in [3.05, 3.63) is 228 Å². The molecule has 2 aliphatic heterocycles. The van der Waals surface area contributed by atoms with E-state index in [1.165, 1.54) is 12.7 Å². The molecule has 19 heteroatoms. The van der Waals surface area contributed by atoms with Crippen LogP contribution in [0.3, 0.4) is 0 Å². The molecular weight excluding hydrogens is 1050 g/mol. The van der Waals surface area contributed by atoms with Gasteiger partial charge in [0.15, 0.2) is 22.9 Å². The van der Waals surface area contributed by atoms with Crippen molar-refractivity contribution in [2.24, 2.45) is 0 Å². The first-order chi connectivity index (χ1) is 39.6. The highest BCUT2D eigenvalue weighted by Crippen LogP contribution is 2.45. The van der Waals surface area contributed by atoms with E-state index in [1.54, 1.807) is 26.9 Å². The minimum Gasteiger partial charge on any atom is -0.497 e. The Morgan fingerprint density at radius 3 is 1.35 bits per heavy atom. The molecule has 0 amide bonds. The Bertz CT molecular complexity index is 3520. The molecule has 2 aliphatic rings. The van der Waals surface area contributed by atoms with Crippen LogP contribution < -0.4 is 20.9 Å². The molecule has 2 fully saturated rings. The summed E-state index contributed by atoms with van der Waals surface area (Å²) in [6, 6.07) is 51.5. The Hall–Kier alpha value is -8.33. The molecule has 7 N–H and O–H groups in total. The van der Waals surface area contributed by atoms with E-state index in [-0.39, 0.29) is 44.5 Å². The minimum absolute atomic E-state index is 0.0173. The van der Waals surface area contributed by atoms with Gasteiger partial charge in [0.1, 0.15) is 58.1 Å². The van der Waals surface area contributed by atoms with Crippen LogP contribution in [0.25, 0.3) is 22.3 Å². The van der Waals surface area contributed by atoms with E-state index in [0.29, 0.717) is 40.6 Å². The lowest BCUT2D eigenvalue weighted by Gasteiger charge is -2.37. The number of aliphatic hydroxyl groups is 3. The number of hydrogen-bond acceptors (Lipinski definition) is 16. The van der Waals surface area contributed by atoms with Crippen LogP contribution in [0.4, 0.5) is 11.6 Å². The second-order valence-corrected chi connectivity index (χ2v) is 20.0. The van der Waals surface area contributed by atoms with E-state index in [0.717, 1.165) is 81.7 Å². The molecule has 6 atom stereocenters. The van der Waals surface area contributed by atoms with Crippen molar-refractivity contribution < 1.29 is 39.0 Å². The van der Waals surface area contributed by atoms with Crippen LogP contribution in [0.1, 0.15) is 82.6 Å². The van der Waals surface area contributed by atoms with Crippen molar-refractivity contribution in [3.8, 4) is 11.5 Å². The zero-order valence-electron chi connectivity index (χ0n) is 44.8. The summed E-state index contributed by atoms with van der Waals surface area (Å²) in [5.41, 5.74) is 20.8. The predicted molar refractivity (Wildman–Crippen MR) is 308 cm³/mol. The second-order valence-electron chi connectivity index (χ2n) is 19.5. The maximum Gasteiger partial charge on any atom is 0.167 e. The van der Waals surface area contributed by atoms with Crippen molar-refractivity contribution >= 4 is 45.6 Å². The monoisotopic (exact) mass is 1110 g/mol. The molecule has 0 bridgehead atoms. The standard InChI is InChI=1S/C31H31N5O4.C21H19ClO2.C10H13N5O2/c1-38-25-13-11-24(12-14-25)31(22-5-3-2-4-6-22,23-9-7-21(17-37)8-10-23)39-18-26-15-16-27(40-26)36-20-35-28-29(32)33-19-34-30(28)36;1-24-20-13-11-19(12-14-20)21(22,17-5-3-2-4-6-17)18-9-7-16(15-23)8-10-18;11-9-8-10(13-4-12-9)15(5-14-8)7-2-1-6(3-16)17-7/h2-14,19-20,26-27,37H,15-18H2,1H3,(H2,32,33,34);2-14,23H,15H2,1H3;4-7,16H,1-3H2,(H2,11,12,13)/t26-,27+,31?;;6-,7+/m0.0/s1. The molecule has 0 saturated carbocycles. The van der Waals surface area contributed by atoms with Gasteiger partial charge in [0.2, 0.25) is 0 Å². The smallest absolute Gasteiger partial charge is 0.167 e. The number of alkyl halides is 1. The molecular formula is C62H63ClN10O8. The molecule has 12 rings (SSSR count). The highest BCUT2D eigenvalue weighted by atomic mass is 35.5. The number of halogens is 1. The number of nitrogen functional groups attached to an aromatic ring is 2. The normalized spacial score (nSPS) is 18.2. The van der Waals surface area contributed by atoms with E-state index in [2.05, 4.69) is 42.0 Å². The molecule has 4 aromatic heterocycles. The number of aromatic nitrogens is 8. The number of ether oxygens (including phenoxy) is 5. The van der Waals surface area contributed by atoms with Crippen LogP contribution >= 0.6 is 11.6 Å². The van der Waals surface area contributed by atoms with E-state index in [1.807, 2.05) is 155 Å². The summed E-state index contributed by atoms with van der Waals surface area (Å²) in [5.74, 6) is 2.27. The predicted octanol–water partition coefficient (Wildman–Crippen LogP) is 9.39. The van der Waals surface area contributed by atoms with E-state index < -0.39 is 10.5 Å². The SMILES string of the molecule is COc1ccc(C(Cl)(c2ccccc2)c2ccc(CO)cc2)cc1.COc1ccc(C(OC[C@@H]2CC[C@H](n3cnc4c(N)ncnc43)O2)(c2ccccc2)c2ccc(CO)cc2)cc1.Nc1ncnc2c1ncn2[C@H]1CC[C@@H](CO)O1. The number of fused-ring (bicyclic) bond motifs is 2. The lowest BCUT2D eigenvalue weighted by atomic mass is 9.79. The molecule has 18 nitrogen and oxygen atoms in total. The Morgan fingerprint density at radius 1 is 0.506 bits per heavy atom. The number of hydrogen-bond donors (Lipinski definition) is 5. The second kappa shape index (κ2) is 25.4. The molecule has 81 heavy (non-hydrogen) atoms. The van der Waals surface area contributed by atoms with Crippen molar-refractivity contribution in [3.63, 3.8) is 0 Å². The third-order valence-electron chi connectivity index (χ3n) is 14.7. The molecule has 6 aromatic carbocycles. The summed E-state index contributed by atoms with van der Waals surface area (Å²) in [7, 11) is 3.30. The first-order valence-corrected chi connectivity index (χ1v) is 26.9. The quantitative estimate of drug-likeness (QED) is 0.0447. The fourth-order valence-electron chi connectivity index (χ4n) is 10.3. The van der Waals surface area contributed by atoms with Crippen molar-refractivity contribution in [2.75, 3.05) is 38.9 Å². The summed E-state index contributed by atoms with van der Waals surface area (Å²) in [6.07, 6.45) is 8.86. The minimum atomic E-state index is -0.924. The summed E-state index contributed by atoms with van der Waals surface area (Å²) < 4.78 is 33.6. The maximum absolute atomic E-state index is 9.67. The Balaban J connectivity index is 0.000000151. The van der Waals surface area contributed by atoms with E-state index in [4.69, 9.17) is 51.9 Å². The molecule has 0 spiro atoms. The molecule has 2 unspecified atom stereocenters. The molecule has 416 valence electrons. The van der Waals surface area contributed by atoms with E-state index in [9.17, 15) is 10.2 Å². The number of anilines is 2. The first-order valence-electron chi connectivity index (χ1n) is 26.5. The summed E-state index contributed by atoms with van der Waals surface area (Å²) in [5, 5.41) is 28.0. The van der Waals surface area contributed by atoms with Gasteiger partial charge >= 0.3 is 0 Å². The Morgan fingerprint density at radius 2 is 0.901 bits per heavy atom. The molecule has 10 aromatic rings. The Labute approximate surface area is 473 Å². The fraction of sp³-hybridized carbons (Fsp3) is 0.258. The van der Waals surface area contributed by atoms with Gasteiger partial charge in [0, 0.05) is 0 Å². The first kappa shape index (κ1) is 56.0. The molecule has 0 radical (unpaired) electrons. The zero-order valence-corrected chi connectivity index (χ0v) is 45.5. The number of nitrogens with zero attached hydrogens (tertiary/aromatic N) is 8. The lowest BCUT2D eigenvalue weighted by molar-refractivity contribution is -0.0756. The van der Waals surface area contributed by atoms with Gasteiger partial charge in [0.05, 0.1) is 65.5 Å². The van der Waals surface area contributed by atoms with Crippen LogP contribution in [0, 0.1) is 0 Å². The lowest BCUT2D eigenvalue weighted by Crippen LogP contribution is -2.35. The van der Waals surface area contributed by atoms with Gasteiger partial charge in [-0.25, -0.2) is 29.9 Å². The molecule has 2 saturated heterocycles. The van der Waals surface area contributed by atoms with Crippen LogP contribution in [-0.2, 0) is 37.9 Å². The number of rotatable bonds is 16. The van der Waals surface area contributed by atoms with Gasteiger partial charge in [-0.15, -0.1) is 11.6 Å². The van der Waals surface area contributed by atoms with Crippen LogP contribution in [0.15, 0.2) is 183 Å². The van der Waals surface area contributed by atoms with Gasteiger partial charge in [-0.1, -0.05) is 133 Å². The van der Waals surface area contributed by atoms with E-state index >= 15 is 0 Å². The van der Waals surface area contributed by atoms with Crippen molar-refractivity contribution in [2.45, 2.75) is 74.0 Å². The summed E-state index contributed by atoms with van der Waals surface area (Å²) in [6.45, 7) is 0.380. The summed E-state index contributed by atoms with van der Waals surface area (Å²) in [4.78, 5) is 24.2. The Kier molecular flexibility index (Phi) is 17.6. The van der Waals surface area contributed by atoms with Crippen LogP contribution in [0.2, 0.25) is 0 Å². The highest BCUT2D eigenvalue weighted by Gasteiger charge is 2.40. The van der Waals surface area contributed by atoms with Crippen molar-refractivity contribution in [1.82, 2.24) is 39.0 Å². The van der Waals surface area contributed by atoms with Gasteiger partial charge < -0.3 is 50.5 Å². The fourth-order valence-corrected chi connectivity index (χ4v) is 10.7. The molecule has 0 aliphatic carbocycles. The van der Waals surface area contributed by atoms with Crippen molar-refractivity contribution in [1.29, 1.82) is 0 Å². The zero-order chi connectivity index (χ0) is 56.3. The average molecular weight is 1110 g/mol. The topological polar surface area (TPSA) is 246 Å². The average Bonchev–Trinajstić information content (AvgIpc) is 4.53. The number of methoxy groups -OCH3 is 2. The van der Waals surface area contributed by atoms with Gasteiger partial charge in [-0.3, -0.25) is 9.13 Å². The third kappa shape index (κ3) is 11.8. The number of benzene rings is 6. The highest BCUT2D eigenvalue weighted by molar-refractivity contribution is 6.28. The van der Waals surface area contributed by atoms with Gasteiger partial charge in [-0.05, 0) is 94.5 Å². The van der Waals surface area contributed by atoms with Gasteiger partial charge in [0.25, 0.3) is 0 Å². The van der Waals surface area contributed by atoms with Gasteiger partial charge in [-0.2, -0.15) is 0 Å². The molecule has 6 heterocycles. The number of nitrogens with two attached hydrogens (primary N) is 2. The number of aliphatic hydroxyl groups excluding tert-OH is 3. The largest absolute Gasteiger partial charge is 0.497 e. The van der Waals surface area contributed by atoms with Crippen LogP contribution in [0.5, 0.6) is 11.5 Å². The number of imidazole rings is 2. The summed E-state index contributed by atoms with van der Waals surface area (Å²) >= 11 is 7.20. The maximum atomic E-state index is 9.67.